The molecule has 1 saturated heterocycles. The van der Waals surface area contributed by atoms with Gasteiger partial charge in [-0.3, -0.25) is 4.79 Å². The Balaban J connectivity index is 1.68. The highest BCUT2D eigenvalue weighted by Crippen LogP contribution is 2.36. The minimum absolute atomic E-state index is 0.0498. The number of nitrogen functional groups attached to an aromatic ring is 1. The van der Waals surface area contributed by atoms with Crippen molar-refractivity contribution in [2.24, 2.45) is 5.92 Å². The van der Waals surface area contributed by atoms with Crippen LogP contribution in [-0.2, 0) is 11.3 Å². The standard InChI is InChI=1S/C17H19N5O3/c1-25-16(24)12-6-14(18)20-17(19-12)21-7-10-5-11(9-21)13-3-2-4-15(23)22(13)8-10/h2-4,6,10-11H,5,7-9H2,1H3,(H2,18,19,20)/t10-,11+/m0/s1. The quantitative estimate of drug-likeness (QED) is 0.799. The van der Waals surface area contributed by atoms with Crippen molar-refractivity contribution in [1.82, 2.24) is 14.5 Å². The summed E-state index contributed by atoms with van der Waals surface area (Å²) in [5.41, 5.74) is 7.09. The summed E-state index contributed by atoms with van der Waals surface area (Å²) in [6.45, 7) is 2.10. The summed E-state index contributed by atoms with van der Waals surface area (Å²) in [5, 5.41) is 0. The van der Waals surface area contributed by atoms with Crippen LogP contribution in [0.5, 0.6) is 0 Å². The molecular formula is C17H19N5O3. The van der Waals surface area contributed by atoms with Crippen molar-refractivity contribution in [1.29, 1.82) is 0 Å². The van der Waals surface area contributed by atoms with Gasteiger partial charge in [0.15, 0.2) is 5.69 Å². The SMILES string of the molecule is COC(=O)c1cc(N)nc(N2C[C@@H]3C[C@H](C2)c2cccc(=O)n2C3)n1. The van der Waals surface area contributed by atoms with Crippen molar-refractivity contribution >= 4 is 17.7 Å². The van der Waals surface area contributed by atoms with E-state index in [2.05, 4.69) is 9.97 Å². The largest absolute Gasteiger partial charge is 0.464 e. The van der Waals surface area contributed by atoms with E-state index in [9.17, 15) is 9.59 Å². The van der Waals surface area contributed by atoms with Gasteiger partial charge >= 0.3 is 5.97 Å². The molecule has 0 saturated carbocycles. The van der Waals surface area contributed by atoms with E-state index >= 15 is 0 Å². The number of carbonyl (C=O) groups is 1. The molecule has 2 N–H and O–H groups in total. The first-order valence-corrected chi connectivity index (χ1v) is 8.22. The van der Waals surface area contributed by atoms with E-state index in [1.54, 1.807) is 12.1 Å². The third kappa shape index (κ3) is 2.73. The third-order valence-electron chi connectivity index (χ3n) is 4.89. The third-order valence-corrected chi connectivity index (χ3v) is 4.89. The Morgan fingerprint density at radius 2 is 2.12 bits per heavy atom. The molecule has 130 valence electrons. The molecule has 0 amide bonds. The Bertz CT molecular complexity index is 894. The number of carbonyl (C=O) groups excluding carboxylic acids is 1. The maximum absolute atomic E-state index is 12.1. The minimum atomic E-state index is -0.538. The smallest absolute Gasteiger partial charge is 0.356 e. The van der Waals surface area contributed by atoms with Crippen LogP contribution in [0.15, 0.2) is 29.1 Å². The Morgan fingerprint density at radius 3 is 2.92 bits per heavy atom. The van der Waals surface area contributed by atoms with Gasteiger partial charge in [-0.1, -0.05) is 6.07 Å². The first-order valence-electron chi connectivity index (χ1n) is 8.22. The fraction of sp³-hybridized carbons (Fsp3) is 0.412. The van der Waals surface area contributed by atoms with Gasteiger partial charge in [0.1, 0.15) is 5.82 Å². The number of hydrogen-bond acceptors (Lipinski definition) is 7. The van der Waals surface area contributed by atoms with Crippen molar-refractivity contribution in [2.75, 3.05) is 30.8 Å². The zero-order valence-electron chi connectivity index (χ0n) is 13.9. The van der Waals surface area contributed by atoms with Crippen LogP contribution in [0.4, 0.5) is 11.8 Å². The first kappa shape index (κ1) is 15.6. The fourth-order valence-electron chi connectivity index (χ4n) is 3.86. The normalized spacial score (nSPS) is 21.6. The predicted octanol–water partition coefficient (Wildman–Crippen LogP) is 0.631. The molecule has 8 heteroatoms. The fourth-order valence-corrected chi connectivity index (χ4v) is 3.86. The Hall–Kier alpha value is -2.90. The topological polar surface area (TPSA) is 103 Å². The lowest BCUT2D eigenvalue weighted by molar-refractivity contribution is 0.0594. The molecule has 2 atom stereocenters. The molecule has 2 aliphatic rings. The molecule has 0 spiro atoms. The van der Waals surface area contributed by atoms with Gasteiger partial charge in [-0.05, 0) is 18.4 Å². The molecule has 2 aromatic rings. The Labute approximate surface area is 144 Å². The summed E-state index contributed by atoms with van der Waals surface area (Å²) < 4.78 is 6.60. The number of esters is 1. The minimum Gasteiger partial charge on any atom is -0.464 e. The highest BCUT2D eigenvalue weighted by atomic mass is 16.5. The van der Waals surface area contributed by atoms with Crippen LogP contribution in [0, 0.1) is 5.92 Å². The lowest BCUT2D eigenvalue weighted by Crippen LogP contribution is -2.47. The van der Waals surface area contributed by atoms with E-state index in [0.29, 0.717) is 25.0 Å². The van der Waals surface area contributed by atoms with Crippen LogP contribution >= 0.6 is 0 Å². The lowest BCUT2D eigenvalue weighted by atomic mass is 9.83. The second-order valence-electron chi connectivity index (χ2n) is 6.57. The van der Waals surface area contributed by atoms with Crippen LogP contribution in [0.25, 0.3) is 0 Å². The number of hydrogen-bond donors (Lipinski definition) is 1. The summed E-state index contributed by atoms with van der Waals surface area (Å²) in [7, 11) is 1.31. The Morgan fingerprint density at radius 1 is 1.28 bits per heavy atom. The maximum atomic E-state index is 12.1. The molecule has 4 rings (SSSR count). The van der Waals surface area contributed by atoms with E-state index in [4.69, 9.17) is 10.5 Å². The van der Waals surface area contributed by atoms with Gasteiger partial charge in [-0.15, -0.1) is 0 Å². The molecule has 0 unspecified atom stereocenters. The van der Waals surface area contributed by atoms with Gasteiger partial charge in [0, 0.05) is 43.4 Å². The first-order chi connectivity index (χ1) is 12.0. The van der Waals surface area contributed by atoms with E-state index in [0.717, 1.165) is 18.7 Å². The highest BCUT2D eigenvalue weighted by molar-refractivity contribution is 5.88. The van der Waals surface area contributed by atoms with Crippen LogP contribution < -0.4 is 16.2 Å². The van der Waals surface area contributed by atoms with Crippen LogP contribution in [0.1, 0.15) is 28.5 Å². The van der Waals surface area contributed by atoms with Crippen molar-refractivity contribution < 1.29 is 9.53 Å². The molecule has 8 nitrogen and oxygen atoms in total. The molecule has 25 heavy (non-hydrogen) atoms. The van der Waals surface area contributed by atoms with Crippen LogP contribution in [0.3, 0.4) is 0 Å². The summed E-state index contributed by atoms with van der Waals surface area (Å²) in [5.74, 6) is 0.690. The number of nitrogens with two attached hydrogens (primary N) is 1. The van der Waals surface area contributed by atoms with Gasteiger partial charge in [0.2, 0.25) is 5.95 Å². The second kappa shape index (κ2) is 5.87. The van der Waals surface area contributed by atoms with Gasteiger partial charge in [-0.25, -0.2) is 9.78 Å². The van der Waals surface area contributed by atoms with Crippen molar-refractivity contribution in [3.05, 3.63) is 46.0 Å². The summed E-state index contributed by atoms with van der Waals surface area (Å²) in [6.07, 6.45) is 1.03. The zero-order chi connectivity index (χ0) is 17.6. The van der Waals surface area contributed by atoms with Crippen molar-refractivity contribution in [2.45, 2.75) is 18.9 Å². The maximum Gasteiger partial charge on any atom is 0.356 e. The van der Waals surface area contributed by atoms with Gasteiger partial charge in [0.25, 0.3) is 5.56 Å². The monoisotopic (exact) mass is 341 g/mol. The molecule has 4 heterocycles. The number of ether oxygens (including phenoxy) is 1. The molecule has 0 aromatic carbocycles. The molecular weight excluding hydrogens is 322 g/mol. The summed E-state index contributed by atoms with van der Waals surface area (Å²) >= 11 is 0. The number of aromatic nitrogens is 3. The van der Waals surface area contributed by atoms with Crippen LogP contribution in [0.2, 0.25) is 0 Å². The van der Waals surface area contributed by atoms with Gasteiger partial charge in [-0.2, -0.15) is 4.98 Å². The number of piperidine rings is 1. The number of pyridine rings is 1. The zero-order valence-corrected chi connectivity index (χ0v) is 13.9. The number of methoxy groups -OCH3 is 1. The predicted molar refractivity (Wildman–Crippen MR) is 91.5 cm³/mol. The molecule has 0 radical (unpaired) electrons. The Kier molecular flexibility index (Phi) is 3.67. The summed E-state index contributed by atoms with van der Waals surface area (Å²) in [6, 6.07) is 6.83. The van der Waals surface area contributed by atoms with Gasteiger partial charge in [0.05, 0.1) is 7.11 Å². The van der Waals surface area contributed by atoms with E-state index < -0.39 is 5.97 Å². The molecule has 2 bridgehead atoms. The van der Waals surface area contributed by atoms with E-state index in [-0.39, 0.29) is 23.0 Å². The second-order valence-corrected chi connectivity index (χ2v) is 6.57. The van der Waals surface area contributed by atoms with Crippen molar-refractivity contribution in [3.63, 3.8) is 0 Å². The highest BCUT2D eigenvalue weighted by Gasteiger charge is 2.35. The van der Waals surface area contributed by atoms with E-state index in [1.807, 2.05) is 15.5 Å². The molecule has 0 aliphatic carbocycles. The number of fused-ring (bicyclic) bond motifs is 4. The lowest BCUT2D eigenvalue weighted by Gasteiger charge is -2.42. The number of rotatable bonds is 2. The number of nitrogens with zero attached hydrogens (tertiary/aromatic N) is 4. The van der Waals surface area contributed by atoms with Crippen molar-refractivity contribution in [3.8, 4) is 0 Å². The van der Waals surface area contributed by atoms with Gasteiger partial charge < -0.3 is 19.9 Å². The number of anilines is 2. The molecule has 2 aliphatic heterocycles. The molecule has 1 fully saturated rings. The molecule has 2 aromatic heterocycles. The average Bonchev–Trinajstić information content (AvgIpc) is 2.61. The van der Waals surface area contributed by atoms with E-state index in [1.165, 1.54) is 13.2 Å². The average molecular weight is 341 g/mol. The summed E-state index contributed by atoms with van der Waals surface area (Å²) in [4.78, 5) is 34.5. The van der Waals surface area contributed by atoms with Crippen LogP contribution in [-0.4, -0.2) is 40.7 Å².